The van der Waals surface area contributed by atoms with Gasteiger partial charge in [-0.15, -0.1) is 0 Å². The number of aryl methyl sites for hydroxylation is 2. The van der Waals surface area contributed by atoms with Crippen LogP contribution in [0.15, 0.2) is 101 Å². The highest BCUT2D eigenvalue weighted by molar-refractivity contribution is 7.13. The van der Waals surface area contributed by atoms with Crippen LogP contribution in [0.1, 0.15) is 38.8 Å². The minimum atomic E-state index is -2.39. The fourth-order valence-electron chi connectivity index (χ4n) is 5.53. The Morgan fingerprint density at radius 2 is 1.03 bits per heavy atom. The Kier molecular flexibility index (Phi) is 5.42. The topological polar surface area (TPSA) is 0 Å². The van der Waals surface area contributed by atoms with Crippen molar-refractivity contribution in [3.05, 3.63) is 112 Å². The molecule has 0 bridgehead atoms. The van der Waals surface area contributed by atoms with E-state index in [-0.39, 0.29) is 0 Å². The second-order valence-electron chi connectivity index (χ2n) is 8.91. The zero-order valence-electron chi connectivity index (χ0n) is 19.1. The van der Waals surface area contributed by atoms with Gasteiger partial charge in [0, 0.05) is 5.54 Å². The molecule has 0 nitrogen and oxygen atoms in total. The number of allylic oxidation sites excluding steroid dienone is 4. The van der Waals surface area contributed by atoms with Crippen molar-refractivity contribution in [2.24, 2.45) is 0 Å². The SMILES string of the molecule is CC1=C(C)C([Si](c2ccccc2)(c2ccccc2)c2cc(C)ccc2C)C(C)=C1C. The summed E-state index contributed by atoms with van der Waals surface area (Å²) in [6.45, 7) is 13.9. The highest BCUT2D eigenvalue weighted by atomic mass is 28.3. The van der Waals surface area contributed by atoms with Gasteiger partial charge in [-0.3, -0.25) is 0 Å². The van der Waals surface area contributed by atoms with Crippen molar-refractivity contribution in [2.75, 3.05) is 0 Å². The first-order valence-corrected chi connectivity index (χ1v) is 13.0. The molecule has 3 aromatic rings. The quantitative estimate of drug-likeness (QED) is 0.376. The van der Waals surface area contributed by atoms with E-state index in [0.29, 0.717) is 5.54 Å². The minimum absolute atomic E-state index is 0.433. The maximum atomic E-state index is 2.48. The molecule has 0 radical (unpaired) electrons. The predicted molar refractivity (Wildman–Crippen MR) is 134 cm³/mol. The lowest BCUT2D eigenvalue weighted by Crippen LogP contribution is -2.70. The summed E-state index contributed by atoms with van der Waals surface area (Å²) in [5.41, 5.74) is 9.23. The third kappa shape index (κ3) is 3.04. The molecule has 0 atom stereocenters. The summed E-state index contributed by atoms with van der Waals surface area (Å²) in [6, 6.07) is 29.7. The van der Waals surface area contributed by atoms with Crippen molar-refractivity contribution < 1.29 is 0 Å². The van der Waals surface area contributed by atoms with Gasteiger partial charge in [0.05, 0.1) is 0 Å². The van der Waals surface area contributed by atoms with Crippen LogP contribution in [0.4, 0.5) is 0 Å². The molecule has 0 aromatic heterocycles. The van der Waals surface area contributed by atoms with Gasteiger partial charge in [0.25, 0.3) is 0 Å². The van der Waals surface area contributed by atoms with Gasteiger partial charge in [-0.1, -0.05) is 101 Å². The molecule has 1 aliphatic rings. The molecule has 0 saturated carbocycles. The maximum Gasteiger partial charge on any atom is 0.159 e. The molecule has 0 fully saturated rings. The summed E-state index contributed by atoms with van der Waals surface area (Å²) in [4.78, 5) is 0. The molecule has 0 unspecified atom stereocenters. The fraction of sp³-hybridized carbons (Fsp3) is 0.241. The van der Waals surface area contributed by atoms with Crippen LogP contribution < -0.4 is 15.6 Å². The number of rotatable bonds is 4. The minimum Gasteiger partial charge on any atom is -0.0647 e. The maximum absolute atomic E-state index is 2.48. The first kappa shape index (κ1) is 20.6. The normalized spacial score (nSPS) is 15.3. The summed E-state index contributed by atoms with van der Waals surface area (Å²) in [5, 5.41) is 4.54. The lowest BCUT2D eigenvalue weighted by molar-refractivity contribution is 1.09. The largest absolute Gasteiger partial charge is 0.159 e. The molecular formula is C29H32Si. The van der Waals surface area contributed by atoms with E-state index in [9.17, 15) is 0 Å². The van der Waals surface area contributed by atoms with Gasteiger partial charge in [-0.2, -0.15) is 0 Å². The first-order valence-electron chi connectivity index (χ1n) is 10.9. The van der Waals surface area contributed by atoms with E-state index >= 15 is 0 Å². The molecule has 1 heteroatoms. The third-order valence-electron chi connectivity index (χ3n) is 7.32. The highest BCUT2D eigenvalue weighted by Crippen LogP contribution is 2.46. The van der Waals surface area contributed by atoms with Crippen LogP contribution in [0.25, 0.3) is 0 Å². The van der Waals surface area contributed by atoms with Crippen LogP contribution in [0.5, 0.6) is 0 Å². The number of hydrogen-bond acceptors (Lipinski definition) is 0. The predicted octanol–water partition coefficient (Wildman–Crippen LogP) is 5.83. The lowest BCUT2D eigenvalue weighted by atomic mass is 10.1. The summed E-state index contributed by atoms with van der Waals surface area (Å²) < 4.78 is 0. The Morgan fingerprint density at radius 3 is 1.50 bits per heavy atom. The lowest BCUT2D eigenvalue weighted by Gasteiger charge is -2.42. The smallest absolute Gasteiger partial charge is 0.0647 e. The van der Waals surface area contributed by atoms with Crippen molar-refractivity contribution in [1.82, 2.24) is 0 Å². The van der Waals surface area contributed by atoms with Crippen LogP contribution in [0.2, 0.25) is 5.54 Å². The van der Waals surface area contributed by atoms with Crippen LogP contribution in [-0.2, 0) is 0 Å². The molecule has 0 spiro atoms. The molecule has 30 heavy (non-hydrogen) atoms. The summed E-state index contributed by atoms with van der Waals surface area (Å²) in [6.07, 6.45) is 0. The summed E-state index contributed by atoms with van der Waals surface area (Å²) >= 11 is 0. The molecule has 0 amide bonds. The fourth-order valence-corrected chi connectivity index (χ4v) is 11.8. The van der Waals surface area contributed by atoms with Crippen LogP contribution in [0.3, 0.4) is 0 Å². The first-order chi connectivity index (χ1) is 14.4. The second-order valence-corrected chi connectivity index (χ2v) is 12.8. The molecule has 0 N–H and O–H groups in total. The zero-order chi connectivity index (χ0) is 21.5. The molecular weight excluding hydrogens is 376 g/mol. The third-order valence-corrected chi connectivity index (χ3v) is 12.9. The van der Waals surface area contributed by atoms with Gasteiger partial charge >= 0.3 is 0 Å². The zero-order valence-corrected chi connectivity index (χ0v) is 20.1. The van der Waals surface area contributed by atoms with Crippen molar-refractivity contribution >= 4 is 23.6 Å². The van der Waals surface area contributed by atoms with E-state index in [2.05, 4.69) is 120 Å². The van der Waals surface area contributed by atoms with Crippen LogP contribution >= 0.6 is 0 Å². The van der Waals surface area contributed by atoms with E-state index in [1.165, 1.54) is 32.6 Å². The van der Waals surface area contributed by atoms with Gasteiger partial charge in [-0.05, 0) is 68.2 Å². The van der Waals surface area contributed by atoms with Crippen molar-refractivity contribution in [3.63, 3.8) is 0 Å². The van der Waals surface area contributed by atoms with E-state index < -0.39 is 8.07 Å². The van der Waals surface area contributed by atoms with Crippen molar-refractivity contribution in [3.8, 4) is 0 Å². The molecule has 152 valence electrons. The number of hydrogen-bond donors (Lipinski definition) is 0. The van der Waals surface area contributed by atoms with Gasteiger partial charge in [0.15, 0.2) is 8.07 Å². The van der Waals surface area contributed by atoms with Crippen LogP contribution in [0, 0.1) is 13.8 Å². The van der Waals surface area contributed by atoms with Crippen LogP contribution in [-0.4, -0.2) is 8.07 Å². The van der Waals surface area contributed by atoms with E-state index in [0.717, 1.165) is 0 Å². The standard InChI is InChI=1S/C29H32Si/c1-20-17-18-21(2)28(19-20)30(26-13-9-7-10-14-26,27-15-11-8-12-16-27)29-24(5)22(3)23(4)25(29)6/h7-19,29H,1-6H3. The van der Waals surface area contributed by atoms with Crippen molar-refractivity contribution in [1.29, 1.82) is 0 Å². The Balaban J connectivity index is 2.21. The Morgan fingerprint density at radius 1 is 0.567 bits per heavy atom. The highest BCUT2D eigenvalue weighted by Gasteiger charge is 2.50. The Labute approximate surface area is 183 Å². The molecule has 4 rings (SSSR count). The van der Waals surface area contributed by atoms with Gasteiger partial charge in [0.2, 0.25) is 0 Å². The molecule has 1 aliphatic carbocycles. The van der Waals surface area contributed by atoms with Gasteiger partial charge in [-0.25, -0.2) is 0 Å². The average Bonchev–Trinajstić information content (AvgIpc) is 2.96. The number of benzene rings is 3. The van der Waals surface area contributed by atoms with E-state index in [1.54, 1.807) is 16.3 Å². The van der Waals surface area contributed by atoms with E-state index in [4.69, 9.17) is 0 Å². The summed E-state index contributed by atoms with van der Waals surface area (Å²) in [5.74, 6) is 0. The van der Waals surface area contributed by atoms with Gasteiger partial charge < -0.3 is 0 Å². The summed E-state index contributed by atoms with van der Waals surface area (Å²) in [7, 11) is -2.39. The average molecular weight is 409 g/mol. The Hall–Kier alpha value is -2.64. The Bertz CT molecular complexity index is 1070. The monoisotopic (exact) mass is 408 g/mol. The van der Waals surface area contributed by atoms with Crippen molar-refractivity contribution in [2.45, 2.75) is 47.1 Å². The second kappa shape index (κ2) is 7.89. The molecule has 0 heterocycles. The molecule has 0 saturated heterocycles. The van der Waals surface area contributed by atoms with E-state index in [1.807, 2.05) is 0 Å². The molecule has 3 aromatic carbocycles. The van der Waals surface area contributed by atoms with Gasteiger partial charge in [0.1, 0.15) is 0 Å². The molecule has 0 aliphatic heterocycles.